The van der Waals surface area contributed by atoms with E-state index in [2.05, 4.69) is 11.8 Å². The first-order chi connectivity index (χ1) is 12.6. The zero-order valence-corrected chi connectivity index (χ0v) is 18.2. The van der Waals surface area contributed by atoms with Crippen LogP contribution < -0.4 is 0 Å². The smallest absolute Gasteiger partial charge is 0.282 e. The van der Waals surface area contributed by atoms with Gasteiger partial charge in [0.1, 0.15) is 0 Å². The first-order valence-corrected chi connectivity index (χ1v) is 11.2. The molecule has 0 aliphatic heterocycles. The topological polar surface area (TPSA) is 29.5 Å². The molecule has 3 nitrogen and oxygen atoms in total. The van der Waals surface area contributed by atoms with Crippen LogP contribution >= 0.6 is 0 Å². The largest absolute Gasteiger partial charge is 0.477 e. The van der Waals surface area contributed by atoms with Crippen molar-refractivity contribution in [2.24, 2.45) is 0 Å². The van der Waals surface area contributed by atoms with Crippen LogP contribution in [0.25, 0.3) is 0 Å². The van der Waals surface area contributed by atoms with Gasteiger partial charge in [0.05, 0.1) is 7.11 Å². The summed E-state index contributed by atoms with van der Waals surface area (Å²) in [5.74, 6) is -0.0194. The Hall–Kier alpha value is -0.505. The van der Waals surface area contributed by atoms with E-state index >= 15 is 0 Å². The average molecular weight is 366 g/mol. The molecule has 1 atom stereocenters. The Kier molecular flexibility index (Phi) is 18.9. The summed E-state index contributed by atoms with van der Waals surface area (Å²) >= 11 is 0. The van der Waals surface area contributed by atoms with Crippen molar-refractivity contribution < 1.29 is 9.53 Å². The molecule has 0 saturated carbocycles. The van der Waals surface area contributed by atoms with E-state index in [4.69, 9.17) is 4.74 Å². The molecule has 0 N–H and O–H groups in total. The lowest BCUT2D eigenvalue weighted by Gasteiger charge is -2.22. The van der Waals surface area contributed by atoms with Gasteiger partial charge in [-0.25, -0.2) is 0 Å². The third kappa shape index (κ3) is 16.9. The van der Waals surface area contributed by atoms with Crippen LogP contribution in [0.15, 0.2) is 0 Å². The normalized spacial score (nSPS) is 12.3. The van der Waals surface area contributed by atoms with Gasteiger partial charge >= 0.3 is 0 Å². The third-order valence-corrected chi connectivity index (χ3v) is 5.30. The molecule has 0 aliphatic carbocycles. The van der Waals surface area contributed by atoms with Gasteiger partial charge in [-0.3, -0.25) is 4.79 Å². The van der Waals surface area contributed by atoms with Crippen LogP contribution in [0.1, 0.15) is 110 Å². The number of hydrogen-bond acceptors (Lipinski definition) is 3. The van der Waals surface area contributed by atoms with Crippen LogP contribution in [0.5, 0.6) is 0 Å². The standard InChI is InChI=1S/C22H45BNO2/c1-5-6-7-8-9-10-11-12-13-14-15-16-17-18-19-20-21(24(2)3)23-22(25)26-4/h21H,5-20H2,1-4H3. The van der Waals surface area contributed by atoms with Crippen molar-refractivity contribution in [2.45, 2.75) is 116 Å². The maximum Gasteiger partial charge on any atom is 0.282 e. The molecule has 0 fully saturated rings. The van der Waals surface area contributed by atoms with Gasteiger partial charge in [0.2, 0.25) is 5.87 Å². The lowest BCUT2D eigenvalue weighted by Crippen LogP contribution is -2.37. The Balaban J connectivity index is 3.33. The molecule has 0 saturated heterocycles. The highest BCUT2D eigenvalue weighted by molar-refractivity contribution is 6.73. The molecule has 26 heavy (non-hydrogen) atoms. The number of carbonyl (C=O) groups is 1. The minimum atomic E-state index is -0.218. The Morgan fingerprint density at radius 1 is 0.769 bits per heavy atom. The van der Waals surface area contributed by atoms with Gasteiger partial charge in [0, 0.05) is 0 Å². The maximum atomic E-state index is 11.4. The van der Waals surface area contributed by atoms with Gasteiger partial charge in [0.25, 0.3) is 7.28 Å². The molecule has 0 aromatic rings. The first kappa shape index (κ1) is 25.5. The third-order valence-electron chi connectivity index (χ3n) is 5.30. The second-order valence-corrected chi connectivity index (χ2v) is 7.96. The SMILES string of the molecule is CCCCCCCCCCCCCCCCCC([B]C(=O)OC)N(C)C. The zero-order valence-electron chi connectivity index (χ0n) is 18.2. The molecule has 153 valence electrons. The number of nitrogens with zero attached hydrogens (tertiary/aromatic N) is 1. The average Bonchev–Trinajstić information content (AvgIpc) is 2.63. The summed E-state index contributed by atoms with van der Waals surface area (Å²) < 4.78 is 4.74. The van der Waals surface area contributed by atoms with E-state index < -0.39 is 0 Å². The monoisotopic (exact) mass is 366 g/mol. The Labute approximate surface area is 164 Å². The molecule has 0 aromatic heterocycles. The number of hydrogen-bond donors (Lipinski definition) is 0. The van der Waals surface area contributed by atoms with E-state index in [9.17, 15) is 4.79 Å². The molecule has 4 heteroatoms. The van der Waals surface area contributed by atoms with Crippen molar-refractivity contribution in [1.29, 1.82) is 0 Å². The van der Waals surface area contributed by atoms with Crippen LogP contribution in [0, 0.1) is 0 Å². The van der Waals surface area contributed by atoms with Crippen molar-refractivity contribution >= 4 is 13.1 Å². The summed E-state index contributed by atoms with van der Waals surface area (Å²) in [6, 6.07) is 0. The predicted molar refractivity (Wildman–Crippen MR) is 115 cm³/mol. The highest BCUT2D eigenvalue weighted by Gasteiger charge is 2.18. The lowest BCUT2D eigenvalue weighted by atomic mass is 9.67. The van der Waals surface area contributed by atoms with Gasteiger partial charge in [-0.1, -0.05) is 103 Å². The second-order valence-electron chi connectivity index (χ2n) is 7.96. The van der Waals surface area contributed by atoms with Crippen LogP contribution in [0.3, 0.4) is 0 Å². The van der Waals surface area contributed by atoms with Crippen molar-refractivity contribution in [3.05, 3.63) is 0 Å². The fraction of sp³-hybridized carbons (Fsp3) is 0.955. The highest BCUT2D eigenvalue weighted by atomic mass is 16.5. The summed E-state index contributed by atoms with van der Waals surface area (Å²) in [6.45, 7) is 2.28. The number of carbonyl (C=O) groups excluding carboxylic acids is 1. The Morgan fingerprint density at radius 3 is 1.50 bits per heavy atom. The summed E-state index contributed by atoms with van der Waals surface area (Å²) in [7, 11) is 7.19. The van der Waals surface area contributed by atoms with E-state index in [-0.39, 0.29) is 11.8 Å². The number of methoxy groups -OCH3 is 1. The van der Waals surface area contributed by atoms with Crippen LogP contribution in [-0.2, 0) is 4.74 Å². The van der Waals surface area contributed by atoms with Gasteiger partial charge in [0.15, 0.2) is 0 Å². The van der Waals surface area contributed by atoms with E-state index in [1.54, 1.807) is 7.28 Å². The quantitative estimate of drug-likeness (QED) is 0.190. The van der Waals surface area contributed by atoms with Crippen molar-refractivity contribution in [1.82, 2.24) is 4.90 Å². The minimum Gasteiger partial charge on any atom is -0.477 e. The van der Waals surface area contributed by atoms with Crippen LogP contribution in [0.2, 0.25) is 0 Å². The van der Waals surface area contributed by atoms with E-state index in [1.165, 1.54) is 103 Å². The second kappa shape index (κ2) is 19.3. The molecule has 0 aliphatic rings. The van der Waals surface area contributed by atoms with Crippen molar-refractivity contribution in [3.8, 4) is 0 Å². The summed E-state index contributed by atoms with van der Waals surface area (Å²) in [4.78, 5) is 13.5. The molecule has 0 heterocycles. The van der Waals surface area contributed by atoms with E-state index in [0.717, 1.165) is 6.42 Å². The molecule has 0 spiro atoms. The molecule has 0 aromatic carbocycles. The Morgan fingerprint density at radius 2 is 1.15 bits per heavy atom. The van der Waals surface area contributed by atoms with Gasteiger partial charge in [-0.15, -0.1) is 0 Å². The fourth-order valence-electron chi connectivity index (χ4n) is 3.44. The number of unbranched alkanes of at least 4 members (excludes halogenated alkanes) is 14. The molecule has 0 bridgehead atoms. The number of ether oxygens (including phenoxy) is 1. The maximum absolute atomic E-state index is 11.4. The van der Waals surface area contributed by atoms with Gasteiger partial charge in [-0.2, -0.15) is 0 Å². The summed E-state index contributed by atoms with van der Waals surface area (Å²) in [5, 5.41) is 0. The minimum absolute atomic E-state index is 0.199. The van der Waals surface area contributed by atoms with Crippen molar-refractivity contribution in [3.63, 3.8) is 0 Å². The van der Waals surface area contributed by atoms with E-state index in [0.29, 0.717) is 0 Å². The molecule has 0 rings (SSSR count). The fourth-order valence-corrected chi connectivity index (χ4v) is 3.44. The summed E-state index contributed by atoms with van der Waals surface area (Å²) in [5.41, 5.74) is 0. The molecule has 0 amide bonds. The number of rotatable bonds is 19. The Bertz CT molecular complexity index is 311. The highest BCUT2D eigenvalue weighted by Crippen LogP contribution is 2.14. The van der Waals surface area contributed by atoms with Crippen molar-refractivity contribution in [2.75, 3.05) is 21.2 Å². The van der Waals surface area contributed by atoms with Gasteiger partial charge in [-0.05, 0) is 26.5 Å². The molecular weight excluding hydrogens is 321 g/mol. The molecule has 1 radical (unpaired) electrons. The summed E-state index contributed by atoms with van der Waals surface area (Å²) in [6.07, 6.45) is 21.8. The lowest BCUT2D eigenvalue weighted by molar-refractivity contribution is 0.196. The van der Waals surface area contributed by atoms with E-state index in [1.807, 2.05) is 14.1 Å². The van der Waals surface area contributed by atoms with Crippen LogP contribution in [-0.4, -0.2) is 45.2 Å². The zero-order chi connectivity index (χ0) is 19.5. The first-order valence-electron chi connectivity index (χ1n) is 11.2. The molecular formula is C22H45BNO2. The van der Waals surface area contributed by atoms with Crippen LogP contribution in [0.4, 0.5) is 4.79 Å². The molecule has 1 unspecified atom stereocenters. The van der Waals surface area contributed by atoms with Gasteiger partial charge < -0.3 is 9.64 Å². The predicted octanol–water partition coefficient (Wildman–Crippen LogP) is 6.61.